The first kappa shape index (κ1) is 19.4. The number of hydrogen-bond acceptors (Lipinski definition) is 6. The van der Waals surface area contributed by atoms with Crippen LogP contribution in [0.3, 0.4) is 0 Å². The molecule has 0 spiro atoms. The van der Waals surface area contributed by atoms with Gasteiger partial charge in [0, 0.05) is 24.7 Å². The number of carbonyl (C=O) groups excluding carboxylic acids is 1. The van der Waals surface area contributed by atoms with Gasteiger partial charge in [-0.3, -0.25) is 0 Å². The highest BCUT2D eigenvalue weighted by Crippen LogP contribution is 2.26. The molecule has 0 aliphatic rings. The molecule has 0 saturated carbocycles. The summed E-state index contributed by atoms with van der Waals surface area (Å²) in [6.45, 7) is 5.85. The van der Waals surface area contributed by atoms with Gasteiger partial charge in [-0.15, -0.1) is 0 Å². The van der Waals surface area contributed by atoms with Crippen LogP contribution in [0, 0.1) is 0 Å². The summed E-state index contributed by atoms with van der Waals surface area (Å²) in [7, 11) is 1.37. The van der Waals surface area contributed by atoms with Gasteiger partial charge in [0.2, 0.25) is 5.95 Å². The molecule has 0 unspecified atom stereocenters. The lowest BCUT2D eigenvalue weighted by molar-refractivity contribution is 0.0602. The molecule has 3 rings (SSSR count). The van der Waals surface area contributed by atoms with Gasteiger partial charge >= 0.3 is 5.97 Å². The number of ether oxygens (including phenoxy) is 1. The summed E-state index contributed by atoms with van der Waals surface area (Å²) in [6.07, 6.45) is 0. The molecule has 1 N–H and O–H groups in total. The highest BCUT2D eigenvalue weighted by atomic mass is 16.5. The predicted octanol–water partition coefficient (Wildman–Crippen LogP) is 4.52. The zero-order valence-corrected chi connectivity index (χ0v) is 16.3. The molecule has 6 heteroatoms. The Morgan fingerprint density at radius 3 is 2.36 bits per heavy atom. The number of methoxy groups -OCH3 is 1. The second-order valence-corrected chi connectivity index (χ2v) is 6.14. The lowest BCUT2D eigenvalue weighted by atomic mass is 10.1. The van der Waals surface area contributed by atoms with Crippen molar-refractivity contribution in [1.82, 2.24) is 9.97 Å². The predicted molar refractivity (Wildman–Crippen MR) is 112 cm³/mol. The highest BCUT2D eigenvalue weighted by molar-refractivity contribution is 5.96. The largest absolute Gasteiger partial charge is 0.465 e. The van der Waals surface area contributed by atoms with Crippen LogP contribution in [0.15, 0.2) is 60.7 Å². The molecule has 0 aliphatic carbocycles. The van der Waals surface area contributed by atoms with E-state index in [2.05, 4.69) is 34.0 Å². The normalized spacial score (nSPS) is 10.4. The number of aromatic nitrogens is 2. The third kappa shape index (κ3) is 4.28. The number of esters is 1. The lowest BCUT2D eigenvalue weighted by Gasteiger charge is -2.21. The molecular formula is C22H24N4O2. The van der Waals surface area contributed by atoms with Gasteiger partial charge in [-0.05, 0) is 26.0 Å². The van der Waals surface area contributed by atoms with Crippen molar-refractivity contribution < 1.29 is 9.53 Å². The average molecular weight is 376 g/mol. The summed E-state index contributed by atoms with van der Waals surface area (Å²) in [5.74, 6) is 0.850. The first-order valence-corrected chi connectivity index (χ1v) is 9.30. The van der Waals surface area contributed by atoms with Crippen LogP contribution in [-0.2, 0) is 4.74 Å². The number of rotatable bonds is 7. The quantitative estimate of drug-likeness (QED) is 0.612. The van der Waals surface area contributed by atoms with Crippen LogP contribution in [0.25, 0.3) is 11.3 Å². The number of carbonyl (C=O) groups is 1. The fraction of sp³-hybridized carbons (Fsp3) is 0.227. The maximum Gasteiger partial charge on any atom is 0.339 e. The zero-order chi connectivity index (χ0) is 19.9. The maximum atomic E-state index is 12.1. The van der Waals surface area contributed by atoms with Gasteiger partial charge in [0.15, 0.2) is 0 Å². The van der Waals surface area contributed by atoms with Crippen molar-refractivity contribution in [2.45, 2.75) is 13.8 Å². The Kier molecular flexibility index (Phi) is 6.22. The molecule has 6 nitrogen and oxygen atoms in total. The molecular weight excluding hydrogens is 352 g/mol. The van der Waals surface area contributed by atoms with Crippen molar-refractivity contribution in [3.05, 3.63) is 66.2 Å². The minimum atomic E-state index is -0.411. The van der Waals surface area contributed by atoms with E-state index in [4.69, 9.17) is 4.74 Å². The van der Waals surface area contributed by atoms with Crippen LogP contribution in [0.2, 0.25) is 0 Å². The topological polar surface area (TPSA) is 67.4 Å². The van der Waals surface area contributed by atoms with Gasteiger partial charge in [0.05, 0.1) is 24.1 Å². The summed E-state index contributed by atoms with van der Waals surface area (Å²) < 4.78 is 4.88. The maximum absolute atomic E-state index is 12.1. The third-order valence-corrected chi connectivity index (χ3v) is 4.45. The fourth-order valence-corrected chi connectivity index (χ4v) is 2.96. The van der Waals surface area contributed by atoms with Gasteiger partial charge in [-0.1, -0.05) is 42.5 Å². The standard InChI is InChI=1S/C22H24N4O2/c1-4-26(5-2)20-15-19(16-11-7-6-8-12-16)24-22(25-20)23-18-14-10-9-13-17(18)21(27)28-3/h6-15H,4-5H2,1-3H3,(H,23,24,25). The van der Waals surface area contributed by atoms with Crippen molar-refractivity contribution in [3.8, 4) is 11.3 Å². The van der Waals surface area contributed by atoms with Crippen LogP contribution in [0.1, 0.15) is 24.2 Å². The Balaban J connectivity index is 2.06. The number of nitrogens with zero attached hydrogens (tertiary/aromatic N) is 3. The van der Waals surface area contributed by atoms with Crippen LogP contribution in [-0.4, -0.2) is 36.1 Å². The number of hydrogen-bond donors (Lipinski definition) is 1. The molecule has 0 atom stereocenters. The Hall–Kier alpha value is -3.41. The minimum Gasteiger partial charge on any atom is -0.465 e. The number of para-hydroxylation sites is 1. The summed E-state index contributed by atoms with van der Waals surface area (Å²) in [4.78, 5) is 23.6. The molecule has 1 heterocycles. The smallest absolute Gasteiger partial charge is 0.339 e. The summed E-state index contributed by atoms with van der Waals surface area (Å²) >= 11 is 0. The molecule has 1 aromatic heterocycles. The van der Waals surface area contributed by atoms with Crippen LogP contribution in [0.4, 0.5) is 17.5 Å². The molecule has 0 aliphatic heterocycles. The number of nitrogens with one attached hydrogen (secondary N) is 1. The number of benzene rings is 2. The van der Waals surface area contributed by atoms with Crippen LogP contribution >= 0.6 is 0 Å². The van der Waals surface area contributed by atoms with Crippen molar-refractivity contribution in [3.63, 3.8) is 0 Å². The number of anilines is 3. The molecule has 0 radical (unpaired) electrons. The third-order valence-electron chi connectivity index (χ3n) is 4.45. The van der Waals surface area contributed by atoms with Gasteiger partial charge in [0.25, 0.3) is 0 Å². The zero-order valence-electron chi connectivity index (χ0n) is 16.3. The van der Waals surface area contributed by atoms with E-state index in [-0.39, 0.29) is 0 Å². The van der Waals surface area contributed by atoms with E-state index in [0.717, 1.165) is 30.2 Å². The summed E-state index contributed by atoms with van der Waals surface area (Å²) in [5.41, 5.74) is 2.85. The first-order chi connectivity index (χ1) is 13.7. The lowest BCUT2D eigenvalue weighted by Crippen LogP contribution is -2.23. The second kappa shape index (κ2) is 8.99. The molecule has 2 aromatic carbocycles. The van der Waals surface area contributed by atoms with E-state index < -0.39 is 5.97 Å². The van der Waals surface area contributed by atoms with E-state index in [1.165, 1.54) is 7.11 Å². The van der Waals surface area contributed by atoms with Crippen molar-refractivity contribution in [1.29, 1.82) is 0 Å². The van der Waals surface area contributed by atoms with Gasteiger partial charge in [-0.25, -0.2) is 9.78 Å². The van der Waals surface area contributed by atoms with Gasteiger partial charge in [-0.2, -0.15) is 4.98 Å². The second-order valence-electron chi connectivity index (χ2n) is 6.14. The van der Waals surface area contributed by atoms with Crippen LogP contribution < -0.4 is 10.2 Å². The average Bonchev–Trinajstić information content (AvgIpc) is 2.75. The Bertz CT molecular complexity index is 940. The molecule has 144 valence electrons. The Morgan fingerprint density at radius 1 is 1.00 bits per heavy atom. The molecule has 28 heavy (non-hydrogen) atoms. The molecule has 0 saturated heterocycles. The SMILES string of the molecule is CCN(CC)c1cc(-c2ccccc2)nc(Nc2ccccc2C(=O)OC)n1. The molecule has 0 amide bonds. The Labute approximate surface area is 165 Å². The van der Waals surface area contributed by atoms with Gasteiger partial charge in [0.1, 0.15) is 5.82 Å². The van der Waals surface area contributed by atoms with E-state index in [1.807, 2.05) is 48.5 Å². The van der Waals surface area contributed by atoms with E-state index in [0.29, 0.717) is 17.2 Å². The van der Waals surface area contributed by atoms with Crippen molar-refractivity contribution >= 4 is 23.4 Å². The minimum absolute atomic E-state index is 0.411. The molecule has 3 aromatic rings. The highest BCUT2D eigenvalue weighted by Gasteiger charge is 2.15. The van der Waals surface area contributed by atoms with E-state index in [9.17, 15) is 4.79 Å². The molecule has 0 bridgehead atoms. The van der Waals surface area contributed by atoms with Crippen LogP contribution in [0.5, 0.6) is 0 Å². The fourth-order valence-electron chi connectivity index (χ4n) is 2.96. The van der Waals surface area contributed by atoms with E-state index in [1.54, 1.807) is 12.1 Å². The Morgan fingerprint density at radius 2 is 1.68 bits per heavy atom. The van der Waals surface area contributed by atoms with Gasteiger partial charge < -0.3 is 15.0 Å². The summed E-state index contributed by atoms with van der Waals surface area (Å²) in [6, 6.07) is 19.1. The summed E-state index contributed by atoms with van der Waals surface area (Å²) in [5, 5.41) is 3.19. The first-order valence-electron chi connectivity index (χ1n) is 9.30. The monoisotopic (exact) mass is 376 g/mol. The van der Waals surface area contributed by atoms with Crippen molar-refractivity contribution in [2.75, 3.05) is 30.4 Å². The molecule has 0 fully saturated rings. The van der Waals surface area contributed by atoms with Crippen molar-refractivity contribution in [2.24, 2.45) is 0 Å². The van der Waals surface area contributed by atoms with E-state index >= 15 is 0 Å².